The molecule has 0 aromatic heterocycles. The van der Waals surface area contributed by atoms with Crippen LogP contribution in [0.2, 0.25) is 0 Å². The minimum atomic E-state index is -0.776. The van der Waals surface area contributed by atoms with Crippen LogP contribution in [0.25, 0.3) is 0 Å². The second kappa shape index (κ2) is 16.4. The first kappa shape index (κ1) is 31.8. The average Bonchev–Trinajstić information content (AvgIpc) is 2.74. The van der Waals surface area contributed by atoms with Gasteiger partial charge in [-0.05, 0) is 60.4 Å². The molecule has 0 aliphatic carbocycles. The second-order valence-electron chi connectivity index (χ2n) is 9.59. The van der Waals surface area contributed by atoms with Gasteiger partial charge in [0.25, 0.3) is 0 Å². The maximum atomic E-state index is 12.4. The lowest BCUT2D eigenvalue weighted by Crippen LogP contribution is -2.45. The van der Waals surface area contributed by atoms with E-state index in [1.54, 1.807) is 0 Å². The fraction of sp³-hybridized carbons (Fsp3) is 0.826. The van der Waals surface area contributed by atoms with Crippen LogP contribution in [0.5, 0.6) is 0 Å². The van der Waals surface area contributed by atoms with E-state index in [0.29, 0.717) is 45.4 Å². The number of hydrogen-bond acceptors (Lipinski definition) is 7. The Bertz CT molecular complexity index is 654. The van der Waals surface area contributed by atoms with Gasteiger partial charge in [0.1, 0.15) is 6.04 Å². The number of primary amides is 2. The third-order valence-corrected chi connectivity index (χ3v) is 5.13. The summed E-state index contributed by atoms with van der Waals surface area (Å²) in [6, 6.07) is -0.776. The summed E-state index contributed by atoms with van der Waals surface area (Å²) in [6.45, 7) is 9.84. The van der Waals surface area contributed by atoms with Crippen LogP contribution in [0, 0.1) is 0 Å². The van der Waals surface area contributed by atoms with Crippen molar-refractivity contribution in [1.82, 2.24) is 16.0 Å². The minimum Gasteiger partial charge on any atom is -0.373 e. The Balaban J connectivity index is 4.29. The summed E-state index contributed by atoms with van der Waals surface area (Å²) in [5, 5.41) is 8.39. The molecule has 0 bridgehead atoms. The number of carbonyl (C=O) groups is 4. The number of nitrogens with one attached hydrogen (secondary N) is 3. The molecule has 0 aliphatic rings. The zero-order valence-electron chi connectivity index (χ0n) is 21.5. The lowest BCUT2D eigenvalue weighted by atomic mass is 10.0. The van der Waals surface area contributed by atoms with Crippen LogP contribution in [-0.4, -0.2) is 74.2 Å². The number of ether oxygens (including phenoxy) is 2. The van der Waals surface area contributed by atoms with E-state index in [0.717, 1.165) is 6.54 Å². The van der Waals surface area contributed by atoms with Gasteiger partial charge in [0.05, 0.1) is 24.4 Å². The predicted octanol–water partition coefficient (Wildman–Crippen LogP) is 0.0985. The van der Waals surface area contributed by atoms with E-state index in [2.05, 4.69) is 16.0 Å². The van der Waals surface area contributed by atoms with E-state index < -0.39 is 29.1 Å². The molecule has 0 fully saturated rings. The van der Waals surface area contributed by atoms with Crippen molar-refractivity contribution in [2.75, 3.05) is 33.4 Å². The molecular formula is C23H45N5O6. The molecule has 11 heteroatoms. The predicted molar refractivity (Wildman–Crippen MR) is 130 cm³/mol. The van der Waals surface area contributed by atoms with Crippen molar-refractivity contribution < 1.29 is 28.7 Å². The van der Waals surface area contributed by atoms with Crippen LogP contribution in [0.15, 0.2) is 0 Å². The number of likely N-dealkylation sites (N-methyl/N-ethyl adjacent to an activating group) is 1. The van der Waals surface area contributed by atoms with Gasteiger partial charge in [-0.3, -0.25) is 19.2 Å². The highest BCUT2D eigenvalue weighted by Gasteiger charge is 2.27. The van der Waals surface area contributed by atoms with Gasteiger partial charge in [-0.2, -0.15) is 0 Å². The van der Waals surface area contributed by atoms with E-state index in [-0.39, 0.29) is 31.1 Å². The summed E-state index contributed by atoms with van der Waals surface area (Å²) >= 11 is 0. The van der Waals surface area contributed by atoms with Crippen LogP contribution in [0.4, 0.5) is 0 Å². The molecule has 0 saturated carbocycles. The molecule has 198 valence electrons. The third-order valence-electron chi connectivity index (χ3n) is 5.13. The highest BCUT2D eigenvalue weighted by molar-refractivity contribution is 5.86. The van der Waals surface area contributed by atoms with Crippen molar-refractivity contribution in [2.24, 2.45) is 11.5 Å². The molecule has 0 heterocycles. The fourth-order valence-electron chi connectivity index (χ4n) is 2.91. The van der Waals surface area contributed by atoms with Crippen LogP contribution >= 0.6 is 0 Å². The van der Waals surface area contributed by atoms with Gasteiger partial charge < -0.3 is 36.9 Å². The summed E-state index contributed by atoms with van der Waals surface area (Å²) in [5.41, 5.74) is 9.44. The van der Waals surface area contributed by atoms with Crippen molar-refractivity contribution in [2.45, 2.75) is 89.9 Å². The first-order valence-corrected chi connectivity index (χ1v) is 11.8. The highest BCUT2D eigenvalue weighted by Crippen LogP contribution is 2.20. The van der Waals surface area contributed by atoms with E-state index in [9.17, 15) is 19.2 Å². The molecular weight excluding hydrogens is 442 g/mol. The molecule has 4 amide bonds. The fourth-order valence-corrected chi connectivity index (χ4v) is 2.91. The highest BCUT2D eigenvalue weighted by atomic mass is 16.6. The van der Waals surface area contributed by atoms with Crippen LogP contribution < -0.4 is 27.4 Å². The number of amides is 4. The molecule has 0 rings (SSSR count). The number of hydrogen-bond donors (Lipinski definition) is 5. The molecule has 0 spiro atoms. The van der Waals surface area contributed by atoms with Gasteiger partial charge >= 0.3 is 0 Å². The molecule has 34 heavy (non-hydrogen) atoms. The first-order valence-electron chi connectivity index (χ1n) is 11.8. The second-order valence-corrected chi connectivity index (χ2v) is 9.59. The summed E-state index contributed by atoms with van der Waals surface area (Å²) in [6.07, 6.45) is 2.27. The molecule has 0 aliphatic heterocycles. The molecule has 0 saturated heterocycles. The minimum absolute atomic E-state index is 0.00563. The van der Waals surface area contributed by atoms with Crippen molar-refractivity contribution >= 4 is 23.6 Å². The molecule has 0 aromatic rings. The van der Waals surface area contributed by atoms with Crippen LogP contribution in [0.1, 0.15) is 72.6 Å². The Labute approximate surface area is 203 Å². The lowest BCUT2D eigenvalue weighted by Gasteiger charge is -2.32. The Kier molecular flexibility index (Phi) is 15.3. The quantitative estimate of drug-likeness (QED) is 0.151. The third kappa shape index (κ3) is 17.3. The van der Waals surface area contributed by atoms with Crippen molar-refractivity contribution in [1.29, 1.82) is 0 Å². The maximum Gasteiger partial charge on any atom is 0.239 e. The number of nitrogens with two attached hydrogens (primary N) is 2. The lowest BCUT2D eigenvalue weighted by molar-refractivity contribution is -0.132. The Hall–Kier alpha value is -2.24. The van der Waals surface area contributed by atoms with E-state index in [4.69, 9.17) is 20.9 Å². The largest absolute Gasteiger partial charge is 0.373 e. The molecule has 11 nitrogen and oxygen atoms in total. The number of carbonyl (C=O) groups excluding carboxylic acids is 4. The molecule has 0 radical (unpaired) electrons. The maximum absolute atomic E-state index is 12.4. The van der Waals surface area contributed by atoms with E-state index in [1.165, 1.54) is 0 Å². The topological polar surface area (TPSA) is 175 Å². The zero-order chi connectivity index (χ0) is 26.2. The SMILES string of the molecule is CNCCOC(C)(C)COC(C)(C)CCC(=O)NC(CCCCNC(=O)CCC(N)=O)C(N)=O. The summed E-state index contributed by atoms with van der Waals surface area (Å²) in [4.78, 5) is 46.3. The molecule has 1 atom stereocenters. The Morgan fingerprint density at radius 2 is 1.53 bits per heavy atom. The normalized spacial score (nSPS) is 12.7. The number of rotatable bonds is 20. The Morgan fingerprint density at radius 1 is 0.853 bits per heavy atom. The molecule has 7 N–H and O–H groups in total. The average molecular weight is 488 g/mol. The van der Waals surface area contributed by atoms with Crippen LogP contribution in [0.3, 0.4) is 0 Å². The summed E-state index contributed by atoms with van der Waals surface area (Å²) in [7, 11) is 1.86. The van der Waals surface area contributed by atoms with Gasteiger partial charge in [0.15, 0.2) is 0 Å². The van der Waals surface area contributed by atoms with Crippen LogP contribution in [-0.2, 0) is 28.7 Å². The van der Waals surface area contributed by atoms with Gasteiger partial charge in [-0.25, -0.2) is 0 Å². The van der Waals surface area contributed by atoms with E-state index in [1.807, 2.05) is 34.7 Å². The van der Waals surface area contributed by atoms with Gasteiger partial charge in [0.2, 0.25) is 23.6 Å². The van der Waals surface area contributed by atoms with Gasteiger partial charge in [0, 0.05) is 32.4 Å². The smallest absolute Gasteiger partial charge is 0.239 e. The Morgan fingerprint density at radius 3 is 2.12 bits per heavy atom. The van der Waals surface area contributed by atoms with Crippen molar-refractivity contribution in [3.8, 4) is 0 Å². The monoisotopic (exact) mass is 487 g/mol. The molecule has 0 aromatic carbocycles. The van der Waals surface area contributed by atoms with E-state index >= 15 is 0 Å². The van der Waals surface area contributed by atoms with Gasteiger partial charge in [-0.1, -0.05) is 0 Å². The first-order chi connectivity index (χ1) is 15.8. The standard InChI is InChI=1S/C23H45N5O6/c1-22(2,34-16-23(3,4)33-15-14-26-5)12-11-20(31)28-17(21(25)32)8-6-7-13-27-19(30)10-9-18(24)29/h17,26H,6-16H2,1-5H3,(H2,24,29)(H2,25,32)(H,27,30)(H,28,31). The zero-order valence-corrected chi connectivity index (χ0v) is 21.5. The number of unbranched alkanes of at least 4 members (excludes halogenated alkanes) is 1. The summed E-state index contributed by atoms with van der Waals surface area (Å²) < 4.78 is 11.8. The van der Waals surface area contributed by atoms with Gasteiger partial charge in [-0.15, -0.1) is 0 Å². The molecule has 1 unspecified atom stereocenters. The van der Waals surface area contributed by atoms with Crippen molar-refractivity contribution in [3.63, 3.8) is 0 Å². The summed E-state index contributed by atoms with van der Waals surface area (Å²) in [5.74, 6) is -1.65. The van der Waals surface area contributed by atoms with Crippen molar-refractivity contribution in [3.05, 3.63) is 0 Å².